The van der Waals surface area contributed by atoms with Crippen molar-refractivity contribution in [3.8, 4) is 5.75 Å². The van der Waals surface area contributed by atoms with E-state index in [4.69, 9.17) is 4.74 Å². The van der Waals surface area contributed by atoms with E-state index in [1.54, 1.807) is 19.1 Å². The first-order valence-corrected chi connectivity index (χ1v) is 10.5. The van der Waals surface area contributed by atoms with Crippen molar-refractivity contribution in [2.24, 2.45) is 0 Å². The number of nitrogens with one attached hydrogen (secondary N) is 1. The topological polar surface area (TPSA) is 75.7 Å². The second kappa shape index (κ2) is 8.28. The molecule has 1 N–H and O–H groups in total. The van der Waals surface area contributed by atoms with E-state index in [-0.39, 0.29) is 22.0 Å². The van der Waals surface area contributed by atoms with E-state index < -0.39 is 22.0 Å². The predicted molar refractivity (Wildman–Crippen MR) is 103 cm³/mol. The molecule has 6 nitrogen and oxygen atoms in total. The fourth-order valence-electron chi connectivity index (χ4n) is 3.21. The molecule has 28 heavy (non-hydrogen) atoms. The van der Waals surface area contributed by atoms with Gasteiger partial charge in [-0.05, 0) is 55.7 Å². The standard InChI is InChI=1S/C20H23FN2O4S/c1-14(15-5-7-16(21)8-6-15)22-20(24)18-13-17(9-10-19(18)27-2)28(25,26)23-11-3-4-12-23/h5-10,13-14H,3-4,11-12H2,1-2H3,(H,22,24)/t14-/m0/s1. The highest BCUT2D eigenvalue weighted by atomic mass is 32.2. The summed E-state index contributed by atoms with van der Waals surface area (Å²) < 4.78 is 45.4. The molecule has 1 heterocycles. The molecule has 1 saturated heterocycles. The first-order chi connectivity index (χ1) is 13.3. The van der Waals surface area contributed by atoms with Crippen molar-refractivity contribution in [1.82, 2.24) is 9.62 Å². The molecule has 1 aliphatic heterocycles. The molecule has 1 atom stereocenters. The maximum atomic E-state index is 13.1. The summed E-state index contributed by atoms with van der Waals surface area (Å²) >= 11 is 0. The average Bonchev–Trinajstić information content (AvgIpc) is 3.23. The smallest absolute Gasteiger partial charge is 0.255 e. The van der Waals surface area contributed by atoms with E-state index in [0.29, 0.717) is 13.1 Å². The Morgan fingerprint density at radius 2 is 1.79 bits per heavy atom. The third kappa shape index (κ3) is 4.18. The average molecular weight is 406 g/mol. The van der Waals surface area contributed by atoms with Crippen LogP contribution in [-0.4, -0.2) is 38.8 Å². The number of ether oxygens (including phenoxy) is 1. The van der Waals surface area contributed by atoms with E-state index in [0.717, 1.165) is 18.4 Å². The van der Waals surface area contributed by atoms with Gasteiger partial charge in [-0.15, -0.1) is 0 Å². The molecule has 0 unspecified atom stereocenters. The third-order valence-electron chi connectivity index (χ3n) is 4.84. The summed E-state index contributed by atoms with van der Waals surface area (Å²) in [5.74, 6) is -0.542. The van der Waals surface area contributed by atoms with Crippen LogP contribution < -0.4 is 10.1 Å². The highest BCUT2D eigenvalue weighted by Crippen LogP contribution is 2.27. The molecule has 1 amide bonds. The van der Waals surface area contributed by atoms with Gasteiger partial charge in [0.1, 0.15) is 11.6 Å². The molecule has 0 saturated carbocycles. The molecular formula is C20H23FN2O4S. The molecule has 0 bridgehead atoms. The zero-order valence-electron chi connectivity index (χ0n) is 15.8. The zero-order chi connectivity index (χ0) is 20.3. The number of nitrogens with zero attached hydrogens (tertiary/aromatic N) is 1. The van der Waals surface area contributed by atoms with Gasteiger partial charge < -0.3 is 10.1 Å². The quantitative estimate of drug-likeness (QED) is 0.800. The van der Waals surface area contributed by atoms with Crippen LogP contribution in [0, 0.1) is 5.82 Å². The van der Waals surface area contributed by atoms with Gasteiger partial charge >= 0.3 is 0 Å². The van der Waals surface area contributed by atoms with Crippen LogP contribution in [0.5, 0.6) is 5.75 Å². The number of hydrogen-bond donors (Lipinski definition) is 1. The molecule has 0 radical (unpaired) electrons. The lowest BCUT2D eigenvalue weighted by atomic mass is 10.1. The monoisotopic (exact) mass is 406 g/mol. The van der Waals surface area contributed by atoms with Crippen molar-refractivity contribution in [3.63, 3.8) is 0 Å². The Labute approximate surface area is 164 Å². The van der Waals surface area contributed by atoms with Gasteiger partial charge in [0.25, 0.3) is 5.91 Å². The summed E-state index contributed by atoms with van der Waals surface area (Å²) in [4.78, 5) is 12.9. The van der Waals surface area contributed by atoms with Gasteiger partial charge in [0.15, 0.2) is 0 Å². The molecule has 0 aromatic heterocycles. The van der Waals surface area contributed by atoms with E-state index in [2.05, 4.69) is 5.32 Å². The van der Waals surface area contributed by atoms with Gasteiger partial charge in [0, 0.05) is 13.1 Å². The maximum absolute atomic E-state index is 13.1. The largest absolute Gasteiger partial charge is 0.496 e. The van der Waals surface area contributed by atoms with Crippen LogP contribution in [0.25, 0.3) is 0 Å². The highest BCUT2D eigenvalue weighted by molar-refractivity contribution is 7.89. The molecule has 1 aliphatic rings. The lowest BCUT2D eigenvalue weighted by Crippen LogP contribution is -2.29. The number of benzene rings is 2. The molecular weight excluding hydrogens is 383 g/mol. The van der Waals surface area contributed by atoms with Gasteiger partial charge in [-0.3, -0.25) is 4.79 Å². The summed E-state index contributed by atoms with van der Waals surface area (Å²) in [6.45, 7) is 2.73. The van der Waals surface area contributed by atoms with Crippen LogP contribution >= 0.6 is 0 Å². The van der Waals surface area contributed by atoms with Crippen LogP contribution in [0.15, 0.2) is 47.4 Å². The summed E-state index contributed by atoms with van der Waals surface area (Å²) in [6.07, 6.45) is 1.66. The summed E-state index contributed by atoms with van der Waals surface area (Å²) in [7, 11) is -2.23. The SMILES string of the molecule is COc1ccc(S(=O)(=O)N2CCCC2)cc1C(=O)N[C@@H](C)c1ccc(F)cc1. The molecule has 0 spiro atoms. The number of amides is 1. The fourth-order valence-corrected chi connectivity index (χ4v) is 4.76. The number of halogens is 1. The van der Waals surface area contributed by atoms with Gasteiger partial charge in [-0.25, -0.2) is 12.8 Å². The second-order valence-electron chi connectivity index (χ2n) is 6.72. The van der Waals surface area contributed by atoms with Crippen molar-refractivity contribution in [2.75, 3.05) is 20.2 Å². The third-order valence-corrected chi connectivity index (χ3v) is 6.73. The number of rotatable bonds is 6. The lowest BCUT2D eigenvalue weighted by Gasteiger charge is -2.18. The van der Waals surface area contributed by atoms with Crippen molar-refractivity contribution in [3.05, 3.63) is 59.4 Å². The van der Waals surface area contributed by atoms with Crippen LogP contribution in [0.3, 0.4) is 0 Å². The number of carbonyl (C=O) groups is 1. The minimum atomic E-state index is -3.65. The molecule has 1 fully saturated rings. The van der Waals surface area contributed by atoms with Crippen molar-refractivity contribution >= 4 is 15.9 Å². The minimum absolute atomic E-state index is 0.0646. The lowest BCUT2D eigenvalue weighted by molar-refractivity contribution is 0.0936. The Bertz CT molecular complexity index is 955. The van der Waals surface area contributed by atoms with Gasteiger partial charge in [-0.1, -0.05) is 12.1 Å². The zero-order valence-corrected chi connectivity index (χ0v) is 16.6. The number of methoxy groups -OCH3 is 1. The minimum Gasteiger partial charge on any atom is -0.496 e. The normalized spacial score (nSPS) is 16.0. The highest BCUT2D eigenvalue weighted by Gasteiger charge is 2.28. The van der Waals surface area contributed by atoms with Gasteiger partial charge in [0.05, 0.1) is 23.6 Å². The summed E-state index contributed by atoms with van der Waals surface area (Å²) in [6, 6.07) is 9.71. The number of hydrogen-bond acceptors (Lipinski definition) is 4. The molecule has 3 rings (SSSR count). The van der Waals surface area contributed by atoms with E-state index >= 15 is 0 Å². The van der Waals surface area contributed by atoms with E-state index in [1.165, 1.54) is 41.7 Å². The molecule has 150 valence electrons. The Kier molecular flexibility index (Phi) is 6.00. The Morgan fingerprint density at radius 1 is 1.14 bits per heavy atom. The fraction of sp³-hybridized carbons (Fsp3) is 0.350. The maximum Gasteiger partial charge on any atom is 0.255 e. The molecule has 0 aliphatic carbocycles. The Morgan fingerprint density at radius 3 is 2.39 bits per heavy atom. The van der Waals surface area contributed by atoms with E-state index in [1.807, 2.05) is 0 Å². The first kappa shape index (κ1) is 20.3. The molecule has 2 aromatic rings. The molecule has 8 heteroatoms. The van der Waals surface area contributed by atoms with Crippen LogP contribution in [-0.2, 0) is 10.0 Å². The van der Waals surface area contributed by atoms with E-state index in [9.17, 15) is 17.6 Å². The number of sulfonamides is 1. The molecule has 2 aromatic carbocycles. The van der Waals surface area contributed by atoms with Gasteiger partial charge in [-0.2, -0.15) is 4.31 Å². The van der Waals surface area contributed by atoms with Gasteiger partial charge in [0.2, 0.25) is 10.0 Å². The van der Waals surface area contributed by atoms with Crippen LogP contribution in [0.4, 0.5) is 4.39 Å². The first-order valence-electron chi connectivity index (χ1n) is 9.07. The van der Waals surface area contributed by atoms with Crippen molar-refractivity contribution in [2.45, 2.75) is 30.7 Å². The van der Waals surface area contributed by atoms with Crippen LogP contribution in [0.1, 0.15) is 41.7 Å². The Balaban J connectivity index is 1.87. The Hall–Kier alpha value is -2.45. The van der Waals surface area contributed by atoms with Crippen molar-refractivity contribution in [1.29, 1.82) is 0 Å². The summed E-state index contributed by atoms with van der Waals surface area (Å²) in [5, 5.41) is 2.81. The second-order valence-corrected chi connectivity index (χ2v) is 8.66. The van der Waals surface area contributed by atoms with Crippen LogP contribution in [0.2, 0.25) is 0 Å². The van der Waals surface area contributed by atoms with Crippen molar-refractivity contribution < 1.29 is 22.3 Å². The summed E-state index contributed by atoms with van der Waals surface area (Å²) in [5.41, 5.74) is 0.867. The number of carbonyl (C=O) groups excluding carboxylic acids is 1. The predicted octanol–water partition coefficient (Wildman–Crippen LogP) is 3.11.